The maximum Gasteiger partial charge on any atom is 0.257 e. The van der Waals surface area contributed by atoms with Crippen LogP contribution >= 0.6 is 11.8 Å². The Morgan fingerprint density at radius 1 is 1.04 bits per heavy atom. The summed E-state index contributed by atoms with van der Waals surface area (Å²) in [5.41, 5.74) is 4.16. The second-order valence-corrected chi connectivity index (χ2v) is 6.86. The summed E-state index contributed by atoms with van der Waals surface area (Å²) in [6.45, 7) is 0.444. The molecule has 5 nitrogen and oxygen atoms in total. The van der Waals surface area contributed by atoms with Crippen LogP contribution in [-0.2, 0) is 12.3 Å². The van der Waals surface area contributed by atoms with Gasteiger partial charge in [0.2, 0.25) is 0 Å². The van der Waals surface area contributed by atoms with Gasteiger partial charge in [-0.2, -0.15) is 0 Å². The molecule has 27 heavy (non-hydrogen) atoms. The number of oxazole rings is 1. The molecule has 0 radical (unpaired) electrons. The topological polar surface area (TPSA) is 68.0 Å². The van der Waals surface area contributed by atoms with Gasteiger partial charge in [-0.15, -0.1) is 0 Å². The van der Waals surface area contributed by atoms with Crippen LogP contribution in [0.2, 0.25) is 0 Å². The molecular formula is C21H17N3O2S. The summed E-state index contributed by atoms with van der Waals surface area (Å²) >= 11 is 1.48. The molecule has 2 heterocycles. The molecule has 0 bridgehead atoms. The quantitative estimate of drug-likeness (QED) is 0.505. The zero-order chi connectivity index (χ0) is 18.5. The Morgan fingerprint density at radius 3 is 2.74 bits per heavy atom. The SMILES string of the molecule is O=C(NCc1cccnc1)c1ccccc1CSc1nc2ccccc2o1. The van der Waals surface area contributed by atoms with Crippen molar-refractivity contribution in [1.29, 1.82) is 0 Å². The summed E-state index contributed by atoms with van der Waals surface area (Å²) in [7, 11) is 0. The number of nitrogens with one attached hydrogen (secondary N) is 1. The monoisotopic (exact) mass is 375 g/mol. The van der Waals surface area contributed by atoms with Crippen LogP contribution in [0.4, 0.5) is 0 Å². The van der Waals surface area contributed by atoms with E-state index in [4.69, 9.17) is 4.42 Å². The lowest BCUT2D eigenvalue weighted by molar-refractivity contribution is 0.0950. The predicted molar refractivity (Wildman–Crippen MR) is 105 cm³/mol. The van der Waals surface area contributed by atoms with E-state index >= 15 is 0 Å². The van der Waals surface area contributed by atoms with E-state index in [2.05, 4.69) is 15.3 Å². The van der Waals surface area contributed by atoms with Crippen molar-refractivity contribution in [3.8, 4) is 0 Å². The fraction of sp³-hybridized carbons (Fsp3) is 0.0952. The fourth-order valence-corrected chi connectivity index (χ4v) is 3.54. The third-order valence-electron chi connectivity index (χ3n) is 4.06. The first-order valence-corrected chi connectivity index (χ1v) is 9.51. The second-order valence-electron chi connectivity index (χ2n) is 5.94. The first-order valence-electron chi connectivity index (χ1n) is 8.53. The van der Waals surface area contributed by atoms with Crippen molar-refractivity contribution in [2.24, 2.45) is 0 Å². The first kappa shape index (κ1) is 17.3. The minimum atomic E-state index is -0.104. The molecular weight excluding hydrogens is 358 g/mol. The molecule has 0 fully saturated rings. The lowest BCUT2D eigenvalue weighted by atomic mass is 10.1. The van der Waals surface area contributed by atoms with Crippen LogP contribution in [0, 0.1) is 0 Å². The van der Waals surface area contributed by atoms with E-state index in [-0.39, 0.29) is 5.91 Å². The normalized spacial score (nSPS) is 10.8. The lowest BCUT2D eigenvalue weighted by Crippen LogP contribution is -2.23. The number of hydrogen-bond acceptors (Lipinski definition) is 5. The van der Waals surface area contributed by atoms with Crippen LogP contribution in [0.3, 0.4) is 0 Å². The predicted octanol–water partition coefficient (Wildman–Crippen LogP) is 4.45. The number of hydrogen-bond donors (Lipinski definition) is 1. The summed E-state index contributed by atoms with van der Waals surface area (Å²) in [5.74, 6) is 0.496. The van der Waals surface area contributed by atoms with E-state index in [1.807, 2.05) is 60.7 Å². The number of amides is 1. The molecule has 1 N–H and O–H groups in total. The van der Waals surface area contributed by atoms with Gasteiger partial charge in [0.05, 0.1) is 0 Å². The number of nitrogens with zero attached hydrogens (tertiary/aromatic N) is 2. The Balaban J connectivity index is 1.44. The zero-order valence-electron chi connectivity index (χ0n) is 14.5. The minimum Gasteiger partial charge on any atom is -0.431 e. The third kappa shape index (κ3) is 4.17. The number of pyridine rings is 1. The highest BCUT2D eigenvalue weighted by Gasteiger charge is 2.13. The molecule has 2 aromatic carbocycles. The van der Waals surface area contributed by atoms with E-state index in [0.717, 1.165) is 22.2 Å². The molecule has 0 atom stereocenters. The van der Waals surface area contributed by atoms with Crippen molar-refractivity contribution in [3.63, 3.8) is 0 Å². The standard InChI is InChI=1S/C21H17N3O2S/c25-20(23-13-15-6-5-11-22-12-15)17-8-2-1-7-16(17)14-27-21-24-18-9-3-4-10-19(18)26-21/h1-12H,13-14H2,(H,23,25). The molecule has 0 unspecified atom stereocenters. The van der Waals surface area contributed by atoms with Gasteiger partial charge < -0.3 is 9.73 Å². The van der Waals surface area contributed by atoms with Gasteiger partial charge in [-0.25, -0.2) is 4.98 Å². The molecule has 134 valence electrons. The van der Waals surface area contributed by atoms with Gasteiger partial charge in [-0.3, -0.25) is 9.78 Å². The number of fused-ring (bicyclic) bond motifs is 1. The van der Waals surface area contributed by atoms with Crippen LogP contribution in [0.15, 0.2) is 82.7 Å². The number of carbonyl (C=O) groups excluding carboxylic acids is 1. The van der Waals surface area contributed by atoms with Crippen molar-refractivity contribution >= 4 is 28.8 Å². The Labute approximate surface area is 160 Å². The number of carbonyl (C=O) groups is 1. The van der Waals surface area contributed by atoms with Gasteiger partial charge in [0, 0.05) is 30.3 Å². The lowest BCUT2D eigenvalue weighted by Gasteiger charge is -2.09. The van der Waals surface area contributed by atoms with Gasteiger partial charge in [0.1, 0.15) is 5.52 Å². The molecule has 0 saturated heterocycles. The average molecular weight is 375 g/mol. The Kier molecular flexibility index (Phi) is 5.16. The molecule has 6 heteroatoms. The van der Waals surface area contributed by atoms with E-state index in [9.17, 15) is 4.79 Å². The van der Waals surface area contributed by atoms with Gasteiger partial charge >= 0.3 is 0 Å². The van der Waals surface area contributed by atoms with Crippen LogP contribution in [-0.4, -0.2) is 15.9 Å². The van der Waals surface area contributed by atoms with Gasteiger partial charge in [0.25, 0.3) is 11.1 Å². The number of benzene rings is 2. The summed E-state index contributed by atoms with van der Waals surface area (Å²) in [4.78, 5) is 21.1. The molecule has 0 saturated carbocycles. The average Bonchev–Trinajstić information content (AvgIpc) is 3.14. The molecule has 1 amide bonds. The van der Waals surface area contributed by atoms with Crippen molar-refractivity contribution in [3.05, 3.63) is 89.7 Å². The van der Waals surface area contributed by atoms with Crippen LogP contribution in [0.5, 0.6) is 0 Å². The van der Waals surface area contributed by atoms with Gasteiger partial charge in [-0.1, -0.05) is 48.2 Å². The maximum absolute atomic E-state index is 12.6. The molecule has 4 aromatic rings. The first-order chi connectivity index (χ1) is 13.3. The summed E-state index contributed by atoms with van der Waals surface area (Å²) in [6, 6.07) is 19.0. The van der Waals surface area contributed by atoms with E-state index in [1.54, 1.807) is 12.4 Å². The number of para-hydroxylation sites is 2. The van der Waals surface area contributed by atoms with E-state index in [0.29, 0.717) is 23.1 Å². The fourth-order valence-electron chi connectivity index (χ4n) is 2.70. The maximum atomic E-state index is 12.6. The van der Waals surface area contributed by atoms with Crippen LogP contribution in [0.25, 0.3) is 11.1 Å². The van der Waals surface area contributed by atoms with Crippen molar-refractivity contribution in [2.45, 2.75) is 17.5 Å². The van der Waals surface area contributed by atoms with E-state index in [1.165, 1.54) is 11.8 Å². The van der Waals surface area contributed by atoms with Gasteiger partial charge in [0.15, 0.2) is 5.58 Å². The summed E-state index contributed by atoms with van der Waals surface area (Å²) in [6.07, 6.45) is 3.46. The Morgan fingerprint density at radius 2 is 1.89 bits per heavy atom. The molecule has 4 rings (SSSR count). The highest BCUT2D eigenvalue weighted by molar-refractivity contribution is 7.98. The second kappa shape index (κ2) is 8.05. The number of rotatable bonds is 6. The van der Waals surface area contributed by atoms with Crippen LogP contribution < -0.4 is 5.32 Å². The summed E-state index contributed by atoms with van der Waals surface area (Å²) in [5, 5.41) is 3.55. The van der Waals surface area contributed by atoms with Crippen molar-refractivity contribution in [1.82, 2.24) is 15.3 Å². The van der Waals surface area contributed by atoms with Crippen molar-refractivity contribution < 1.29 is 9.21 Å². The highest BCUT2D eigenvalue weighted by atomic mass is 32.2. The molecule has 0 aliphatic carbocycles. The molecule has 0 spiro atoms. The zero-order valence-corrected chi connectivity index (χ0v) is 15.3. The number of aromatic nitrogens is 2. The Hall–Kier alpha value is -3.12. The van der Waals surface area contributed by atoms with Crippen molar-refractivity contribution in [2.75, 3.05) is 0 Å². The highest BCUT2D eigenvalue weighted by Crippen LogP contribution is 2.27. The third-order valence-corrected chi connectivity index (χ3v) is 4.94. The molecule has 2 aromatic heterocycles. The smallest absolute Gasteiger partial charge is 0.257 e. The summed E-state index contributed by atoms with van der Waals surface area (Å²) < 4.78 is 5.74. The van der Waals surface area contributed by atoms with Crippen LogP contribution in [0.1, 0.15) is 21.5 Å². The van der Waals surface area contributed by atoms with E-state index < -0.39 is 0 Å². The largest absolute Gasteiger partial charge is 0.431 e. The molecule has 0 aliphatic rings. The molecule has 0 aliphatic heterocycles. The number of thioether (sulfide) groups is 1. The Bertz CT molecular complexity index is 1030. The van der Waals surface area contributed by atoms with Gasteiger partial charge in [-0.05, 0) is 35.4 Å². The minimum absolute atomic E-state index is 0.104.